The van der Waals surface area contributed by atoms with Gasteiger partial charge in [0.25, 0.3) is 0 Å². The molecule has 2 aromatic carbocycles. The van der Waals surface area contributed by atoms with Gasteiger partial charge in [-0.3, -0.25) is 0 Å². The van der Waals surface area contributed by atoms with E-state index >= 15 is 0 Å². The molecule has 140 valence electrons. The second kappa shape index (κ2) is 7.36. The highest BCUT2D eigenvalue weighted by Crippen LogP contribution is 2.38. The molecule has 0 spiro atoms. The molecule has 2 heterocycles. The lowest BCUT2D eigenvalue weighted by molar-refractivity contribution is 0.111. The number of anilines is 2. The van der Waals surface area contributed by atoms with Crippen molar-refractivity contribution in [3.05, 3.63) is 53.8 Å². The van der Waals surface area contributed by atoms with Gasteiger partial charge >= 0.3 is 0 Å². The molecule has 1 aliphatic heterocycles. The van der Waals surface area contributed by atoms with E-state index < -0.39 is 6.10 Å². The zero-order chi connectivity index (χ0) is 18.8. The number of halogens is 1. The number of fused-ring (bicyclic) bond motifs is 1. The molecule has 0 bridgehead atoms. The number of aromatic nitrogens is 2. The minimum absolute atomic E-state index is 0.112. The van der Waals surface area contributed by atoms with Gasteiger partial charge in [-0.05, 0) is 44.1 Å². The number of nitrogen functional groups attached to an aromatic ring is 2. The average molecular weight is 367 g/mol. The number of ether oxygens (including phenoxy) is 1. The molecule has 1 aromatic heterocycles. The monoisotopic (exact) mass is 367 g/mol. The quantitative estimate of drug-likeness (QED) is 0.655. The lowest BCUT2D eigenvalue weighted by atomic mass is 9.87. The summed E-state index contributed by atoms with van der Waals surface area (Å²) in [5, 5.41) is 3.94. The lowest BCUT2D eigenvalue weighted by Crippen LogP contribution is -2.33. The van der Waals surface area contributed by atoms with Crippen LogP contribution in [0.25, 0.3) is 10.9 Å². The van der Waals surface area contributed by atoms with Crippen LogP contribution in [0.3, 0.4) is 0 Å². The molecule has 0 saturated carbocycles. The maximum absolute atomic E-state index is 14.6. The molecule has 1 fully saturated rings. The Balaban J connectivity index is 1.78. The molecule has 1 aliphatic rings. The molecular weight excluding hydrogens is 345 g/mol. The van der Waals surface area contributed by atoms with E-state index in [0.717, 1.165) is 25.9 Å². The number of rotatable bonds is 4. The average Bonchev–Trinajstić information content (AvgIpc) is 2.67. The summed E-state index contributed by atoms with van der Waals surface area (Å²) >= 11 is 0. The van der Waals surface area contributed by atoms with E-state index in [1.165, 1.54) is 6.07 Å². The van der Waals surface area contributed by atoms with E-state index in [4.69, 9.17) is 16.2 Å². The Morgan fingerprint density at radius 2 is 1.81 bits per heavy atom. The molecular formula is C20H22FN5O. The Bertz CT molecular complexity index is 958. The van der Waals surface area contributed by atoms with Crippen LogP contribution in [0.2, 0.25) is 0 Å². The Hall–Kier alpha value is -2.93. The number of benzene rings is 2. The third kappa shape index (κ3) is 3.50. The largest absolute Gasteiger partial charge is 0.484 e. The van der Waals surface area contributed by atoms with Crippen LogP contribution < -0.4 is 21.5 Å². The predicted octanol–water partition coefficient (Wildman–Crippen LogP) is 3.05. The molecule has 7 heteroatoms. The molecule has 6 nitrogen and oxygen atoms in total. The van der Waals surface area contributed by atoms with Crippen molar-refractivity contribution in [2.75, 3.05) is 24.6 Å². The highest BCUT2D eigenvalue weighted by molar-refractivity contribution is 5.94. The molecule has 0 radical (unpaired) electrons. The number of hydrogen-bond acceptors (Lipinski definition) is 6. The van der Waals surface area contributed by atoms with E-state index in [2.05, 4.69) is 15.3 Å². The minimum atomic E-state index is -0.421. The molecule has 5 N–H and O–H groups in total. The lowest BCUT2D eigenvalue weighted by Gasteiger charge is -2.32. The molecule has 4 rings (SSSR count). The van der Waals surface area contributed by atoms with Crippen molar-refractivity contribution in [1.29, 1.82) is 0 Å². The molecule has 0 amide bonds. The molecule has 0 aliphatic carbocycles. The van der Waals surface area contributed by atoms with E-state index in [-0.39, 0.29) is 23.5 Å². The number of hydrogen-bond donors (Lipinski definition) is 3. The predicted molar refractivity (Wildman–Crippen MR) is 104 cm³/mol. The number of nitrogens with two attached hydrogens (primary N) is 2. The second-order valence-electron chi connectivity index (χ2n) is 6.76. The van der Waals surface area contributed by atoms with Gasteiger partial charge in [-0.25, -0.2) is 9.37 Å². The Labute approximate surface area is 156 Å². The van der Waals surface area contributed by atoms with E-state index in [0.29, 0.717) is 22.2 Å². The Morgan fingerprint density at radius 3 is 2.59 bits per heavy atom. The first-order valence-electron chi connectivity index (χ1n) is 9.07. The number of nitrogens with zero attached hydrogens (tertiary/aromatic N) is 2. The first-order chi connectivity index (χ1) is 13.1. The van der Waals surface area contributed by atoms with Gasteiger partial charge in [0.05, 0.1) is 10.9 Å². The van der Waals surface area contributed by atoms with Crippen molar-refractivity contribution in [1.82, 2.24) is 15.3 Å². The Kier molecular flexibility index (Phi) is 4.77. The van der Waals surface area contributed by atoms with Crippen LogP contribution in [0.5, 0.6) is 5.75 Å². The first-order valence-corrected chi connectivity index (χ1v) is 9.07. The normalized spacial score (nSPS) is 16.3. The van der Waals surface area contributed by atoms with Crippen LogP contribution in [0.1, 0.15) is 24.5 Å². The summed E-state index contributed by atoms with van der Waals surface area (Å²) < 4.78 is 21.0. The van der Waals surface area contributed by atoms with Gasteiger partial charge in [-0.15, -0.1) is 0 Å². The van der Waals surface area contributed by atoms with Crippen molar-refractivity contribution < 1.29 is 9.13 Å². The van der Waals surface area contributed by atoms with Crippen molar-refractivity contribution >= 4 is 22.7 Å². The van der Waals surface area contributed by atoms with Gasteiger partial charge in [0.2, 0.25) is 5.95 Å². The third-order valence-electron chi connectivity index (χ3n) is 5.01. The third-order valence-corrected chi connectivity index (χ3v) is 5.01. The van der Waals surface area contributed by atoms with Crippen LogP contribution in [0, 0.1) is 11.7 Å². The summed E-state index contributed by atoms with van der Waals surface area (Å²) in [6.45, 7) is 1.77. The molecule has 1 unspecified atom stereocenters. The summed E-state index contributed by atoms with van der Waals surface area (Å²) in [6.07, 6.45) is 1.39. The fourth-order valence-corrected chi connectivity index (χ4v) is 3.70. The van der Waals surface area contributed by atoms with Crippen molar-refractivity contribution in [2.24, 2.45) is 5.92 Å². The van der Waals surface area contributed by atoms with Crippen LogP contribution in [0.15, 0.2) is 42.5 Å². The SMILES string of the molecule is Nc1nc(N)c2c(OC(c3ccccc3F)C3CCNCC3)cccc2n1. The van der Waals surface area contributed by atoms with Crippen LogP contribution >= 0.6 is 0 Å². The van der Waals surface area contributed by atoms with Gasteiger partial charge in [0, 0.05) is 11.5 Å². The van der Waals surface area contributed by atoms with Crippen LogP contribution in [0.4, 0.5) is 16.2 Å². The summed E-state index contributed by atoms with van der Waals surface area (Å²) in [4.78, 5) is 8.28. The highest BCUT2D eigenvalue weighted by Gasteiger charge is 2.29. The van der Waals surface area contributed by atoms with E-state index in [1.54, 1.807) is 18.2 Å². The molecule has 3 aromatic rings. The van der Waals surface area contributed by atoms with Gasteiger partial charge in [-0.1, -0.05) is 24.3 Å². The van der Waals surface area contributed by atoms with Crippen molar-refractivity contribution in [3.8, 4) is 5.75 Å². The van der Waals surface area contributed by atoms with Crippen LogP contribution in [-0.2, 0) is 0 Å². The maximum atomic E-state index is 14.6. The van der Waals surface area contributed by atoms with Gasteiger partial charge < -0.3 is 21.5 Å². The Morgan fingerprint density at radius 1 is 1.04 bits per heavy atom. The smallest absolute Gasteiger partial charge is 0.222 e. The van der Waals surface area contributed by atoms with Crippen LogP contribution in [-0.4, -0.2) is 23.1 Å². The van der Waals surface area contributed by atoms with Crippen molar-refractivity contribution in [2.45, 2.75) is 18.9 Å². The fraction of sp³-hybridized carbons (Fsp3) is 0.300. The summed E-state index contributed by atoms with van der Waals surface area (Å²) in [5.74, 6) is 0.827. The van der Waals surface area contributed by atoms with Gasteiger partial charge in [-0.2, -0.15) is 4.98 Å². The highest BCUT2D eigenvalue weighted by atomic mass is 19.1. The zero-order valence-electron chi connectivity index (χ0n) is 14.9. The summed E-state index contributed by atoms with van der Waals surface area (Å²) in [7, 11) is 0. The number of nitrogens with one attached hydrogen (secondary N) is 1. The molecule has 27 heavy (non-hydrogen) atoms. The number of piperidine rings is 1. The van der Waals surface area contributed by atoms with E-state index in [1.807, 2.05) is 18.2 Å². The maximum Gasteiger partial charge on any atom is 0.222 e. The minimum Gasteiger partial charge on any atom is -0.484 e. The van der Waals surface area contributed by atoms with Gasteiger partial charge in [0.1, 0.15) is 23.5 Å². The van der Waals surface area contributed by atoms with Crippen molar-refractivity contribution in [3.63, 3.8) is 0 Å². The fourth-order valence-electron chi connectivity index (χ4n) is 3.70. The summed E-state index contributed by atoms with van der Waals surface area (Å²) in [5.41, 5.74) is 12.9. The zero-order valence-corrected chi connectivity index (χ0v) is 14.9. The second-order valence-corrected chi connectivity index (χ2v) is 6.76. The van der Waals surface area contributed by atoms with Gasteiger partial charge in [0.15, 0.2) is 0 Å². The van der Waals surface area contributed by atoms with E-state index in [9.17, 15) is 4.39 Å². The first kappa shape index (κ1) is 17.5. The molecule has 1 saturated heterocycles. The topological polar surface area (TPSA) is 99.1 Å². The summed E-state index contributed by atoms with van der Waals surface area (Å²) in [6, 6.07) is 12.2. The molecule has 1 atom stereocenters. The standard InChI is InChI=1S/C20H22FN5O/c21-14-5-2-1-4-13(14)18(12-8-10-24-11-9-12)27-16-7-3-6-15-17(16)19(22)26-20(23)25-15/h1-7,12,18,24H,8-11H2,(H4,22,23,25,26).